The van der Waals surface area contributed by atoms with Gasteiger partial charge in [0.05, 0.1) is 21.7 Å². The van der Waals surface area contributed by atoms with Gasteiger partial charge in [-0.3, -0.25) is 20.4 Å². The van der Waals surface area contributed by atoms with E-state index < -0.39 is 15.9 Å². The van der Waals surface area contributed by atoms with Crippen molar-refractivity contribution in [1.82, 2.24) is 16.2 Å². The Morgan fingerprint density at radius 3 is 2.59 bits per heavy atom. The third kappa shape index (κ3) is 7.20. The molecule has 1 atom stereocenters. The van der Waals surface area contributed by atoms with E-state index in [1.165, 1.54) is 18.2 Å². The lowest BCUT2D eigenvalue weighted by Crippen LogP contribution is -2.47. The lowest BCUT2D eigenvalue weighted by molar-refractivity contribution is -0.116. The van der Waals surface area contributed by atoms with E-state index in [0.29, 0.717) is 27.9 Å². The largest absolute Gasteiger partial charge is 0.376 e. The Bertz CT molecular complexity index is 1090. The summed E-state index contributed by atoms with van der Waals surface area (Å²) in [6, 6.07) is 12.6. The topological polar surface area (TPSA) is 109 Å². The molecule has 3 rings (SSSR count). The summed E-state index contributed by atoms with van der Waals surface area (Å²) in [5, 5.41) is 3.58. The first-order valence-corrected chi connectivity index (χ1v) is 12.1. The smallest absolute Gasteiger partial charge is 0.262 e. The summed E-state index contributed by atoms with van der Waals surface area (Å²) in [4.78, 5) is 12.0. The number of halogens is 1. The van der Waals surface area contributed by atoms with Crippen molar-refractivity contribution in [1.29, 1.82) is 0 Å². The maximum Gasteiger partial charge on any atom is 0.262 e. The van der Waals surface area contributed by atoms with Crippen LogP contribution in [-0.4, -0.2) is 38.7 Å². The lowest BCUT2D eigenvalue weighted by Gasteiger charge is -2.13. The highest BCUT2D eigenvalue weighted by atomic mass is 35.5. The molecule has 1 saturated heterocycles. The van der Waals surface area contributed by atoms with Crippen LogP contribution < -0.4 is 20.9 Å². The fraction of sp³-hybridized carbons (Fsp3) is 0.238. The van der Waals surface area contributed by atoms with Gasteiger partial charge in [0.2, 0.25) is 0 Å². The minimum absolute atomic E-state index is 0.0725. The normalized spacial score (nSPS) is 16.0. The highest BCUT2D eigenvalue weighted by Crippen LogP contribution is 2.24. The van der Waals surface area contributed by atoms with Crippen molar-refractivity contribution in [2.24, 2.45) is 0 Å². The van der Waals surface area contributed by atoms with Gasteiger partial charge in [-0.05, 0) is 61.0 Å². The minimum Gasteiger partial charge on any atom is -0.376 e. The van der Waals surface area contributed by atoms with E-state index >= 15 is 0 Å². The Kier molecular flexibility index (Phi) is 8.46. The van der Waals surface area contributed by atoms with Crippen molar-refractivity contribution in [3.8, 4) is 0 Å². The predicted molar refractivity (Wildman–Crippen MR) is 129 cm³/mol. The predicted octanol–water partition coefficient (Wildman–Crippen LogP) is 2.83. The molecular weight excluding hydrogens is 472 g/mol. The molecule has 8 nitrogen and oxygen atoms in total. The summed E-state index contributed by atoms with van der Waals surface area (Å²) < 4.78 is 33.0. The number of benzene rings is 2. The second-order valence-corrected chi connectivity index (χ2v) is 9.44. The Hall–Kier alpha value is -2.66. The third-order valence-corrected chi connectivity index (χ3v) is 6.51. The van der Waals surface area contributed by atoms with Gasteiger partial charge in [0.1, 0.15) is 0 Å². The van der Waals surface area contributed by atoms with Gasteiger partial charge in [0.25, 0.3) is 15.9 Å². The Labute approximate surface area is 197 Å². The van der Waals surface area contributed by atoms with E-state index in [0.717, 1.165) is 19.4 Å². The Morgan fingerprint density at radius 2 is 1.91 bits per heavy atom. The third-order valence-electron chi connectivity index (χ3n) is 4.55. The summed E-state index contributed by atoms with van der Waals surface area (Å²) in [6.07, 6.45) is 5.02. The maximum atomic E-state index is 12.5. The van der Waals surface area contributed by atoms with Crippen molar-refractivity contribution >= 4 is 56.6 Å². The molecule has 4 N–H and O–H groups in total. The molecule has 2 aromatic rings. The van der Waals surface area contributed by atoms with Crippen molar-refractivity contribution < 1.29 is 17.9 Å². The summed E-state index contributed by atoms with van der Waals surface area (Å²) >= 11 is 11.1. The number of carbonyl (C=O) groups excluding carboxylic acids is 1. The zero-order valence-electron chi connectivity index (χ0n) is 17.0. The van der Waals surface area contributed by atoms with Gasteiger partial charge in [0.15, 0.2) is 5.11 Å². The number of carbonyl (C=O) groups is 1. The number of sulfonamides is 1. The number of ether oxygens (including phenoxy) is 1. The van der Waals surface area contributed by atoms with Crippen LogP contribution in [0.3, 0.4) is 0 Å². The van der Waals surface area contributed by atoms with Gasteiger partial charge in [-0.25, -0.2) is 8.42 Å². The molecule has 170 valence electrons. The Morgan fingerprint density at radius 1 is 1.16 bits per heavy atom. The molecule has 1 heterocycles. The van der Waals surface area contributed by atoms with Gasteiger partial charge in [-0.2, -0.15) is 0 Å². The van der Waals surface area contributed by atoms with Crippen LogP contribution in [0.5, 0.6) is 0 Å². The van der Waals surface area contributed by atoms with Crippen LogP contribution in [0.1, 0.15) is 18.4 Å². The minimum atomic E-state index is -3.79. The van der Waals surface area contributed by atoms with E-state index in [-0.39, 0.29) is 11.0 Å². The van der Waals surface area contributed by atoms with E-state index in [1.54, 1.807) is 42.5 Å². The van der Waals surface area contributed by atoms with Crippen LogP contribution in [0.2, 0.25) is 5.02 Å². The molecule has 0 radical (unpaired) electrons. The summed E-state index contributed by atoms with van der Waals surface area (Å²) in [6.45, 7) is 1.34. The molecule has 1 aliphatic rings. The second-order valence-electron chi connectivity index (χ2n) is 6.95. The highest BCUT2D eigenvalue weighted by Gasteiger charge is 2.16. The molecule has 2 aromatic carbocycles. The van der Waals surface area contributed by atoms with Crippen molar-refractivity contribution in [3.05, 3.63) is 65.2 Å². The van der Waals surface area contributed by atoms with Crippen LogP contribution in [-0.2, 0) is 19.6 Å². The standard InChI is InChI=1S/C21H23ClN4O4S2/c22-18-5-1-2-6-19(18)26-32(28,29)17-10-7-15(8-11-17)9-12-20(27)24-25-21(31)23-14-16-4-3-13-30-16/h1-2,5-12,16,26H,3-4,13-14H2,(H,24,27)(H2,23,25,31). The molecule has 32 heavy (non-hydrogen) atoms. The van der Waals surface area contributed by atoms with E-state index in [4.69, 9.17) is 28.6 Å². The van der Waals surface area contributed by atoms with Gasteiger partial charge in [-0.15, -0.1) is 0 Å². The lowest BCUT2D eigenvalue weighted by atomic mass is 10.2. The molecular formula is C21H23ClN4O4S2. The van der Waals surface area contributed by atoms with Crippen LogP contribution in [0, 0.1) is 0 Å². The summed E-state index contributed by atoms with van der Waals surface area (Å²) in [5.74, 6) is -0.414. The fourth-order valence-electron chi connectivity index (χ4n) is 2.89. The number of nitrogens with one attached hydrogen (secondary N) is 4. The highest BCUT2D eigenvalue weighted by molar-refractivity contribution is 7.92. The molecule has 1 amide bonds. The monoisotopic (exact) mass is 494 g/mol. The molecule has 0 aromatic heterocycles. The van der Waals surface area contributed by atoms with Crippen LogP contribution in [0.4, 0.5) is 5.69 Å². The average molecular weight is 495 g/mol. The number of rotatable bonds is 7. The van der Waals surface area contributed by atoms with Gasteiger partial charge in [0, 0.05) is 19.2 Å². The number of hydrogen-bond acceptors (Lipinski definition) is 5. The molecule has 0 spiro atoms. The maximum absolute atomic E-state index is 12.5. The van der Waals surface area contributed by atoms with Gasteiger partial charge >= 0.3 is 0 Å². The number of amides is 1. The fourth-order valence-corrected chi connectivity index (χ4v) is 4.35. The van der Waals surface area contributed by atoms with Crippen molar-refractivity contribution in [3.63, 3.8) is 0 Å². The van der Waals surface area contributed by atoms with E-state index in [2.05, 4.69) is 20.9 Å². The number of hydrogen-bond donors (Lipinski definition) is 4. The van der Waals surface area contributed by atoms with E-state index in [1.807, 2.05) is 0 Å². The average Bonchev–Trinajstić information content (AvgIpc) is 3.30. The number of para-hydroxylation sites is 1. The van der Waals surface area contributed by atoms with Gasteiger partial charge in [-0.1, -0.05) is 35.9 Å². The zero-order valence-corrected chi connectivity index (χ0v) is 19.4. The molecule has 1 fully saturated rings. The van der Waals surface area contributed by atoms with Gasteiger partial charge < -0.3 is 10.1 Å². The molecule has 1 unspecified atom stereocenters. The zero-order chi connectivity index (χ0) is 23.0. The number of hydrazine groups is 1. The molecule has 0 bridgehead atoms. The first-order valence-electron chi connectivity index (χ1n) is 9.84. The second kappa shape index (κ2) is 11.3. The first-order chi connectivity index (χ1) is 15.3. The van der Waals surface area contributed by atoms with Crippen LogP contribution in [0.15, 0.2) is 59.5 Å². The van der Waals surface area contributed by atoms with Crippen LogP contribution >= 0.6 is 23.8 Å². The molecule has 1 aliphatic heterocycles. The molecule has 0 aliphatic carbocycles. The first kappa shape index (κ1) is 24.0. The van der Waals surface area contributed by atoms with E-state index in [9.17, 15) is 13.2 Å². The van der Waals surface area contributed by atoms with Crippen molar-refractivity contribution in [2.45, 2.75) is 23.8 Å². The summed E-state index contributed by atoms with van der Waals surface area (Å²) in [7, 11) is -3.79. The molecule has 0 saturated carbocycles. The van der Waals surface area contributed by atoms with Crippen LogP contribution in [0.25, 0.3) is 6.08 Å². The quantitative estimate of drug-likeness (QED) is 0.266. The molecule has 11 heteroatoms. The van der Waals surface area contributed by atoms with Crippen molar-refractivity contribution in [2.75, 3.05) is 17.9 Å². The Balaban J connectivity index is 1.48. The SMILES string of the molecule is O=C(C=Cc1ccc(S(=O)(=O)Nc2ccccc2Cl)cc1)NNC(=S)NCC1CCCO1. The summed E-state index contributed by atoms with van der Waals surface area (Å²) in [5.41, 5.74) is 6.02. The number of anilines is 1. The number of thiocarbonyl (C=S) groups is 1.